The number of carbonyl (C=O) groups is 1. The van der Waals surface area contributed by atoms with E-state index in [4.69, 9.17) is 5.73 Å². The van der Waals surface area contributed by atoms with Crippen molar-refractivity contribution < 1.29 is 4.79 Å². The van der Waals surface area contributed by atoms with Gasteiger partial charge in [-0.2, -0.15) is 0 Å². The van der Waals surface area contributed by atoms with Crippen LogP contribution in [-0.4, -0.2) is 15.9 Å². The molecule has 0 spiro atoms. The van der Waals surface area contributed by atoms with Crippen LogP contribution in [-0.2, 0) is 6.42 Å². The maximum absolute atomic E-state index is 11.0. The fraction of sp³-hybridized carbons (Fsp3) is 0.214. The van der Waals surface area contributed by atoms with Crippen LogP contribution in [0.2, 0.25) is 0 Å². The fourth-order valence-corrected chi connectivity index (χ4v) is 1.79. The summed E-state index contributed by atoms with van der Waals surface area (Å²) in [5.41, 5.74) is 7.49. The molecule has 1 amide bonds. The molecule has 0 aliphatic rings. The zero-order valence-electron chi connectivity index (χ0n) is 10.8. The van der Waals surface area contributed by atoms with E-state index in [0.717, 1.165) is 18.5 Å². The molecule has 0 unspecified atom stereocenters. The standard InChI is InChI=1S/C14H16N4O/c1-2-4-10-5-3-6-11(7-10)17-13-9-16-8-12(18-13)14(15)19/h3,5-9H,2,4H2,1H3,(H2,15,19)(H,17,18). The number of aromatic nitrogens is 2. The van der Waals surface area contributed by atoms with Gasteiger partial charge in [0.1, 0.15) is 11.5 Å². The van der Waals surface area contributed by atoms with E-state index in [9.17, 15) is 4.79 Å². The lowest BCUT2D eigenvalue weighted by atomic mass is 10.1. The first-order chi connectivity index (χ1) is 9.19. The number of aryl methyl sites for hydroxylation is 1. The van der Waals surface area contributed by atoms with Crippen LogP contribution in [0.1, 0.15) is 29.4 Å². The van der Waals surface area contributed by atoms with Gasteiger partial charge < -0.3 is 11.1 Å². The predicted octanol–water partition coefficient (Wildman–Crippen LogP) is 2.27. The summed E-state index contributed by atoms with van der Waals surface area (Å²) in [5.74, 6) is -0.0826. The lowest BCUT2D eigenvalue weighted by molar-refractivity contribution is 0.0995. The van der Waals surface area contributed by atoms with Crippen LogP contribution < -0.4 is 11.1 Å². The van der Waals surface area contributed by atoms with Gasteiger partial charge in [0, 0.05) is 5.69 Å². The predicted molar refractivity (Wildman–Crippen MR) is 74.3 cm³/mol. The van der Waals surface area contributed by atoms with Gasteiger partial charge in [-0.05, 0) is 24.1 Å². The number of nitrogens with two attached hydrogens (primary N) is 1. The van der Waals surface area contributed by atoms with Gasteiger partial charge in [-0.3, -0.25) is 9.78 Å². The number of anilines is 2. The van der Waals surface area contributed by atoms with Crippen molar-refractivity contribution in [3.8, 4) is 0 Å². The van der Waals surface area contributed by atoms with Gasteiger partial charge in [0.15, 0.2) is 0 Å². The molecule has 19 heavy (non-hydrogen) atoms. The van der Waals surface area contributed by atoms with Crippen molar-refractivity contribution in [2.45, 2.75) is 19.8 Å². The van der Waals surface area contributed by atoms with Crippen LogP contribution in [0.15, 0.2) is 36.7 Å². The molecule has 0 bridgehead atoms. The zero-order valence-corrected chi connectivity index (χ0v) is 10.8. The molecule has 0 atom stereocenters. The van der Waals surface area contributed by atoms with E-state index >= 15 is 0 Å². The van der Waals surface area contributed by atoms with Crippen molar-refractivity contribution in [3.63, 3.8) is 0 Å². The molecular formula is C14H16N4O. The summed E-state index contributed by atoms with van der Waals surface area (Å²) in [7, 11) is 0. The van der Waals surface area contributed by atoms with Crippen LogP contribution in [0.4, 0.5) is 11.5 Å². The second-order valence-electron chi connectivity index (χ2n) is 4.23. The van der Waals surface area contributed by atoms with E-state index in [1.54, 1.807) is 6.20 Å². The Kier molecular flexibility index (Phi) is 4.07. The Morgan fingerprint density at radius 3 is 2.95 bits per heavy atom. The number of primary amides is 1. The van der Waals surface area contributed by atoms with Crippen molar-refractivity contribution in [2.75, 3.05) is 5.32 Å². The zero-order chi connectivity index (χ0) is 13.7. The van der Waals surface area contributed by atoms with Crippen molar-refractivity contribution in [3.05, 3.63) is 47.9 Å². The highest BCUT2D eigenvalue weighted by Crippen LogP contribution is 2.16. The molecule has 1 aromatic heterocycles. The van der Waals surface area contributed by atoms with Gasteiger partial charge in [0.05, 0.1) is 12.4 Å². The summed E-state index contributed by atoms with van der Waals surface area (Å²) in [5, 5.41) is 3.12. The minimum Gasteiger partial charge on any atom is -0.364 e. The summed E-state index contributed by atoms with van der Waals surface area (Å²) in [6.07, 6.45) is 5.03. The number of rotatable bonds is 5. The Bertz CT molecular complexity index is 583. The summed E-state index contributed by atoms with van der Waals surface area (Å²) < 4.78 is 0. The molecule has 0 radical (unpaired) electrons. The highest BCUT2D eigenvalue weighted by molar-refractivity contribution is 5.90. The van der Waals surface area contributed by atoms with Crippen LogP contribution >= 0.6 is 0 Å². The molecule has 1 heterocycles. The third kappa shape index (κ3) is 3.51. The molecule has 0 fully saturated rings. The Morgan fingerprint density at radius 1 is 1.37 bits per heavy atom. The van der Waals surface area contributed by atoms with Gasteiger partial charge in [-0.15, -0.1) is 0 Å². The number of amides is 1. The average Bonchev–Trinajstić information content (AvgIpc) is 2.40. The van der Waals surface area contributed by atoms with Crippen LogP contribution in [0.25, 0.3) is 0 Å². The molecule has 3 N–H and O–H groups in total. The van der Waals surface area contributed by atoms with E-state index in [1.165, 1.54) is 11.8 Å². The third-order valence-electron chi connectivity index (χ3n) is 2.63. The molecule has 0 saturated heterocycles. The average molecular weight is 256 g/mol. The van der Waals surface area contributed by atoms with E-state index in [-0.39, 0.29) is 5.69 Å². The van der Waals surface area contributed by atoms with Crippen LogP contribution in [0.3, 0.4) is 0 Å². The SMILES string of the molecule is CCCc1cccc(Nc2cncc(C(N)=O)n2)c1. The van der Waals surface area contributed by atoms with Crippen molar-refractivity contribution in [1.29, 1.82) is 0 Å². The first-order valence-electron chi connectivity index (χ1n) is 6.17. The molecule has 0 aliphatic heterocycles. The molecule has 5 nitrogen and oxygen atoms in total. The Balaban J connectivity index is 2.18. The number of nitrogens with zero attached hydrogens (tertiary/aromatic N) is 2. The summed E-state index contributed by atoms with van der Waals surface area (Å²) in [6, 6.07) is 8.07. The number of hydrogen-bond acceptors (Lipinski definition) is 4. The molecule has 2 aromatic rings. The maximum atomic E-state index is 11.0. The number of carbonyl (C=O) groups excluding carboxylic acids is 1. The first kappa shape index (κ1) is 13.0. The molecular weight excluding hydrogens is 240 g/mol. The fourth-order valence-electron chi connectivity index (χ4n) is 1.79. The highest BCUT2D eigenvalue weighted by atomic mass is 16.1. The molecule has 2 rings (SSSR count). The van der Waals surface area contributed by atoms with E-state index in [2.05, 4.69) is 34.3 Å². The number of benzene rings is 1. The summed E-state index contributed by atoms with van der Waals surface area (Å²) in [6.45, 7) is 2.14. The number of hydrogen-bond donors (Lipinski definition) is 2. The third-order valence-corrected chi connectivity index (χ3v) is 2.63. The van der Waals surface area contributed by atoms with Gasteiger partial charge in [0.2, 0.25) is 0 Å². The van der Waals surface area contributed by atoms with Gasteiger partial charge >= 0.3 is 0 Å². The molecule has 0 aliphatic carbocycles. The van der Waals surface area contributed by atoms with Gasteiger partial charge in [-0.25, -0.2) is 4.98 Å². The van der Waals surface area contributed by atoms with E-state index < -0.39 is 5.91 Å². The van der Waals surface area contributed by atoms with Crippen LogP contribution in [0.5, 0.6) is 0 Å². The summed E-state index contributed by atoms with van der Waals surface area (Å²) in [4.78, 5) is 19.1. The number of nitrogens with one attached hydrogen (secondary N) is 1. The lowest BCUT2D eigenvalue weighted by Gasteiger charge is -2.07. The highest BCUT2D eigenvalue weighted by Gasteiger charge is 2.04. The van der Waals surface area contributed by atoms with Gasteiger partial charge in [-0.1, -0.05) is 25.5 Å². The smallest absolute Gasteiger partial charge is 0.268 e. The normalized spacial score (nSPS) is 10.2. The Hall–Kier alpha value is -2.43. The second-order valence-corrected chi connectivity index (χ2v) is 4.23. The van der Waals surface area contributed by atoms with Crippen LogP contribution in [0, 0.1) is 0 Å². The topological polar surface area (TPSA) is 80.9 Å². The van der Waals surface area contributed by atoms with Crippen molar-refractivity contribution in [2.24, 2.45) is 5.73 Å². The molecule has 98 valence electrons. The monoisotopic (exact) mass is 256 g/mol. The minimum absolute atomic E-state index is 0.148. The Labute approximate surface area is 111 Å². The minimum atomic E-state index is -0.587. The molecule has 5 heteroatoms. The largest absolute Gasteiger partial charge is 0.364 e. The van der Waals surface area contributed by atoms with Crippen molar-refractivity contribution in [1.82, 2.24) is 9.97 Å². The quantitative estimate of drug-likeness (QED) is 0.859. The Morgan fingerprint density at radius 2 is 2.21 bits per heavy atom. The first-order valence-corrected chi connectivity index (χ1v) is 6.17. The van der Waals surface area contributed by atoms with E-state index in [0.29, 0.717) is 5.82 Å². The van der Waals surface area contributed by atoms with Gasteiger partial charge in [0.25, 0.3) is 5.91 Å². The summed E-state index contributed by atoms with van der Waals surface area (Å²) >= 11 is 0. The second kappa shape index (κ2) is 5.95. The maximum Gasteiger partial charge on any atom is 0.268 e. The van der Waals surface area contributed by atoms with E-state index in [1.807, 2.05) is 12.1 Å². The molecule has 0 saturated carbocycles. The lowest BCUT2D eigenvalue weighted by Crippen LogP contribution is -2.14. The molecule has 1 aromatic carbocycles. The van der Waals surface area contributed by atoms with Crippen molar-refractivity contribution >= 4 is 17.4 Å².